The van der Waals surface area contributed by atoms with Crippen molar-refractivity contribution in [1.29, 1.82) is 0 Å². The second-order valence-electron chi connectivity index (χ2n) is 4.42. The van der Waals surface area contributed by atoms with E-state index in [0.29, 0.717) is 0 Å². The third-order valence-corrected chi connectivity index (χ3v) is 2.58. The van der Waals surface area contributed by atoms with Gasteiger partial charge in [-0.1, -0.05) is 45.4 Å². The van der Waals surface area contributed by atoms with Crippen molar-refractivity contribution in [2.75, 3.05) is 0 Å². The Balaban J connectivity index is 0.000000555. The van der Waals surface area contributed by atoms with E-state index < -0.39 is 7.25 Å². The minimum Gasteiger partial charge on any atom is -0.418 e. The van der Waals surface area contributed by atoms with Gasteiger partial charge in [0.1, 0.15) is 0 Å². The number of hydrogen-bond donors (Lipinski definition) is 0. The monoisotopic (exact) mass is 281 g/mol. The highest BCUT2D eigenvalue weighted by molar-refractivity contribution is 6.50. The smallest absolute Gasteiger partial charge is 0.418 e. The molecule has 1 aromatic rings. The summed E-state index contributed by atoms with van der Waals surface area (Å²) in [5.41, 5.74) is 0. The van der Waals surface area contributed by atoms with E-state index in [1.54, 1.807) is 0 Å². The Bertz CT molecular complexity index is 282. The molecule has 0 aliphatic carbocycles. The molecule has 0 spiro atoms. The normalized spacial score (nSPS) is 11.0. The van der Waals surface area contributed by atoms with E-state index >= 15 is 0 Å². The maximum absolute atomic E-state index is 9.75. The first-order valence-electron chi connectivity index (χ1n) is 6.76. The summed E-state index contributed by atoms with van der Waals surface area (Å²) in [5, 5.41) is 0. The average Bonchev–Trinajstić information content (AvgIpc) is 2.78. The molecule has 2 nitrogen and oxygen atoms in total. The zero-order valence-corrected chi connectivity index (χ0v) is 11.4. The average molecular weight is 281 g/mol. The SMILES string of the molecule is CCCCCCCCCn1ccnc1.F[B-](F)(F)F. The number of aryl methyl sites for hydroxylation is 1. The highest BCUT2D eigenvalue weighted by Crippen LogP contribution is 2.07. The van der Waals surface area contributed by atoms with Crippen LogP contribution in [0.2, 0.25) is 0 Å². The topological polar surface area (TPSA) is 17.8 Å². The van der Waals surface area contributed by atoms with Crippen LogP contribution in [-0.4, -0.2) is 16.8 Å². The lowest BCUT2D eigenvalue weighted by Gasteiger charge is -2.02. The first-order chi connectivity index (χ1) is 8.93. The Kier molecular flexibility index (Phi) is 10.3. The lowest BCUT2D eigenvalue weighted by Crippen LogP contribution is -2.02. The predicted octanol–water partition coefficient (Wildman–Crippen LogP) is 4.93. The molecule has 0 radical (unpaired) electrons. The van der Waals surface area contributed by atoms with Gasteiger partial charge in [-0.15, -0.1) is 0 Å². The van der Waals surface area contributed by atoms with Gasteiger partial charge >= 0.3 is 7.25 Å². The summed E-state index contributed by atoms with van der Waals surface area (Å²) < 4.78 is 41.2. The minimum atomic E-state index is -6.00. The van der Waals surface area contributed by atoms with Gasteiger partial charge < -0.3 is 21.8 Å². The number of rotatable bonds is 8. The molecule has 0 aliphatic heterocycles. The molecule has 1 heterocycles. The Hall–Kier alpha value is -1.01. The van der Waals surface area contributed by atoms with E-state index in [-0.39, 0.29) is 0 Å². The van der Waals surface area contributed by atoms with E-state index in [1.165, 1.54) is 44.9 Å². The first-order valence-corrected chi connectivity index (χ1v) is 6.76. The highest BCUT2D eigenvalue weighted by Gasteiger charge is 2.20. The number of imidazole rings is 1. The van der Waals surface area contributed by atoms with Crippen molar-refractivity contribution >= 4 is 7.25 Å². The Morgan fingerprint density at radius 1 is 0.947 bits per heavy atom. The van der Waals surface area contributed by atoms with Crippen LogP contribution in [0, 0.1) is 0 Å². The Morgan fingerprint density at radius 2 is 1.47 bits per heavy atom. The molecular formula is C12H22BF4N2-. The van der Waals surface area contributed by atoms with Crippen LogP contribution in [0.15, 0.2) is 18.7 Å². The molecule has 0 bridgehead atoms. The molecule has 1 aromatic heterocycles. The Labute approximate surface area is 112 Å². The van der Waals surface area contributed by atoms with E-state index in [1.807, 2.05) is 18.7 Å². The highest BCUT2D eigenvalue weighted by atomic mass is 19.5. The van der Waals surface area contributed by atoms with Gasteiger partial charge in [0.05, 0.1) is 6.33 Å². The summed E-state index contributed by atoms with van der Waals surface area (Å²) in [6.45, 7) is 3.40. The van der Waals surface area contributed by atoms with Crippen molar-refractivity contribution in [3.63, 3.8) is 0 Å². The van der Waals surface area contributed by atoms with Crippen molar-refractivity contribution < 1.29 is 17.3 Å². The van der Waals surface area contributed by atoms with E-state index in [2.05, 4.69) is 16.5 Å². The largest absolute Gasteiger partial charge is 0.673 e. The maximum atomic E-state index is 9.75. The summed E-state index contributed by atoms with van der Waals surface area (Å²) in [6, 6.07) is 0. The molecule has 0 atom stereocenters. The van der Waals surface area contributed by atoms with Crippen molar-refractivity contribution in [1.82, 2.24) is 9.55 Å². The van der Waals surface area contributed by atoms with Gasteiger partial charge in [-0.25, -0.2) is 4.98 Å². The number of aromatic nitrogens is 2. The number of unbranched alkanes of at least 4 members (excludes halogenated alkanes) is 6. The van der Waals surface area contributed by atoms with Gasteiger partial charge in [-0.05, 0) is 6.42 Å². The van der Waals surface area contributed by atoms with Crippen molar-refractivity contribution in [3.05, 3.63) is 18.7 Å². The van der Waals surface area contributed by atoms with Crippen LogP contribution in [0.5, 0.6) is 0 Å². The summed E-state index contributed by atoms with van der Waals surface area (Å²) in [7, 11) is -6.00. The van der Waals surface area contributed by atoms with Crippen LogP contribution in [0.3, 0.4) is 0 Å². The third kappa shape index (κ3) is 17.0. The molecule has 19 heavy (non-hydrogen) atoms. The summed E-state index contributed by atoms with van der Waals surface area (Å²) in [5.74, 6) is 0. The Morgan fingerprint density at radius 3 is 1.95 bits per heavy atom. The molecular weight excluding hydrogens is 259 g/mol. The molecule has 0 amide bonds. The second-order valence-corrected chi connectivity index (χ2v) is 4.42. The minimum absolute atomic E-state index is 1.13. The maximum Gasteiger partial charge on any atom is 0.673 e. The lowest BCUT2D eigenvalue weighted by molar-refractivity contribution is 0.368. The molecule has 0 unspecified atom stereocenters. The summed E-state index contributed by atoms with van der Waals surface area (Å²) >= 11 is 0. The van der Waals surface area contributed by atoms with Gasteiger partial charge in [0, 0.05) is 18.9 Å². The van der Waals surface area contributed by atoms with E-state index in [4.69, 9.17) is 0 Å². The van der Waals surface area contributed by atoms with Crippen LogP contribution in [-0.2, 0) is 6.54 Å². The van der Waals surface area contributed by atoms with Crippen LogP contribution in [0.4, 0.5) is 17.3 Å². The quantitative estimate of drug-likeness (QED) is 0.375. The summed E-state index contributed by atoms with van der Waals surface area (Å²) in [4.78, 5) is 4.02. The first kappa shape index (κ1) is 18.0. The van der Waals surface area contributed by atoms with Crippen molar-refractivity contribution in [2.45, 2.75) is 58.4 Å². The fraction of sp³-hybridized carbons (Fsp3) is 0.750. The molecule has 0 aromatic carbocycles. The van der Waals surface area contributed by atoms with Crippen LogP contribution < -0.4 is 0 Å². The summed E-state index contributed by atoms with van der Waals surface area (Å²) in [6.07, 6.45) is 15.4. The van der Waals surface area contributed by atoms with E-state index in [0.717, 1.165) is 6.54 Å². The zero-order chi connectivity index (χ0) is 14.6. The van der Waals surface area contributed by atoms with Gasteiger partial charge in [0.25, 0.3) is 0 Å². The van der Waals surface area contributed by atoms with Gasteiger partial charge in [0.15, 0.2) is 0 Å². The van der Waals surface area contributed by atoms with Crippen LogP contribution in [0.1, 0.15) is 51.9 Å². The van der Waals surface area contributed by atoms with Crippen molar-refractivity contribution in [2.24, 2.45) is 0 Å². The fourth-order valence-electron chi connectivity index (χ4n) is 1.67. The number of halogens is 4. The molecule has 0 saturated heterocycles. The molecule has 0 N–H and O–H groups in total. The molecule has 0 fully saturated rings. The molecule has 0 aliphatic rings. The van der Waals surface area contributed by atoms with E-state index in [9.17, 15) is 17.3 Å². The predicted molar refractivity (Wildman–Crippen MR) is 70.4 cm³/mol. The third-order valence-electron chi connectivity index (χ3n) is 2.58. The number of hydrogen-bond acceptors (Lipinski definition) is 1. The second kappa shape index (κ2) is 10.9. The standard InChI is InChI=1S/C12H22N2.BF4/c1-2-3-4-5-6-7-8-10-14-11-9-13-12-14;2-1(3,4)5/h9,11-12H,2-8,10H2,1H3;/q;-1. The van der Waals surface area contributed by atoms with Crippen molar-refractivity contribution in [3.8, 4) is 0 Å². The van der Waals surface area contributed by atoms with Gasteiger partial charge in [-0.3, -0.25) is 0 Å². The van der Waals surface area contributed by atoms with Crippen LogP contribution in [0.25, 0.3) is 0 Å². The number of nitrogens with zero attached hydrogens (tertiary/aromatic N) is 2. The van der Waals surface area contributed by atoms with Gasteiger partial charge in [-0.2, -0.15) is 0 Å². The molecule has 0 saturated carbocycles. The molecule has 1 rings (SSSR count). The zero-order valence-electron chi connectivity index (χ0n) is 11.4. The lowest BCUT2D eigenvalue weighted by atomic mass is 10.1. The molecule has 112 valence electrons. The van der Waals surface area contributed by atoms with Gasteiger partial charge in [0.2, 0.25) is 0 Å². The van der Waals surface area contributed by atoms with Crippen LogP contribution >= 0.6 is 0 Å². The molecule has 7 heteroatoms. The fourth-order valence-corrected chi connectivity index (χ4v) is 1.67.